The molecule has 1 heterocycles. The number of ether oxygens (including phenoxy) is 1. The lowest BCUT2D eigenvalue weighted by Crippen LogP contribution is -2.25. The fraction of sp³-hybridized carbons (Fsp3) is 0.294. The predicted molar refractivity (Wildman–Crippen MR) is 78.9 cm³/mol. The van der Waals surface area contributed by atoms with Gasteiger partial charge in [0, 0.05) is 30.8 Å². The Labute approximate surface area is 119 Å². The van der Waals surface area contributed by atoms with Gasteiger partial charge < -0.3 is 9.84 Å². The Kier molecular flexibility index (Phi) is 3.61. The van der Waals surface area contributed by atoms with Crippen LogP contribution in [0.1, 0.15) is 16.7 Å². The van der Waals surface area contributed by atoms with E-state index in [-0.39, 0.29) is 0 Å². The Hall–Kier alpha value is -2.00. The summed E-state index contributed by atoms with van der Waals surface area (Å²) < 4.78 is 5.77. The highest BCUT2D eigenvalue weighted by molar-refractivity contribution is 5.39. The van der Waals surface area contributed by atoms with E-state index in [4.69, 9.17) is 4.74 Å². The predicted octanol–water partition coefficient (Wildman–Crippen LogP) is 3.10. The summed E-state index contributed by atoms with van der Waals surface area (Å²) in [5.41, 5.74) is 3.11. The number of phenolic OH excluding ortho intramolecular Hbond substituents is 1. The van der Waals surface area contributed by atoms with E-state index in [1.165, 1.54) is 5.56 Å². The summed E-state index contributed by atoms with van der Waals surface area (Å²) in [4.78, 5) is 2.31. The third-order valence-corrected chi connectivity index (χ3v) is 3.75. The van der Waals surface area contributed by atoms with Gasteiger partial charge in [-0.1, -0.05) is 36.4 Å². The fourth-order valence-electron chi connectivity index (χ4n) is 2.60. The zero-order chi connectivity index (χ0) is 13.9. The first-order valence-electron chi connectivity index (χ1n) is 6.94. The summed E-state index contributed by atoms with van der Waals surface area (Å²) in [6, 6.07) is 14.1. The molecule has 1 N–H and O–H groups in total. The molecule has 1 aliphatic heterocycles. The van der Waals surface area contributed by atoms with Gasteiger partial charge in [0.15, 0.2) is 0 Å². The minimum atomic E-state index is 0.408. The van der Waals surface area contributed by atoms with Gasteiger partial charge in [-0.2, -0.15) is 0 Å². The van der Waals surface area contributed by atoms with E-state index in [2.05, 4.69) is 11.0 Å². The molecule has 0 aromatic heterocycles. The van der Waals surface area contributed by atoms with Gasteiger partial charge >= 0.3 is 0 Å². The van der Waals surface area contributed by atoms with Crippen molar-refractivity contribution < 1.29 is 9.84 Å². The average Bonchev–Trinajstić information content (AvgIpc) is 2.65. The second kappa shape index (κ2) is 5.55. The fourth-order valence-corrected chi connectivity index (χ4v) is 2.60. The van der Waals surface area contributed by atoms with E-state index in [0.29, 0.717) is 12.4 Å². The van der Waals surface area contributed by atoms with E-state index < -0.39 is 0 Å². The number of para-hydroxylation sites is 2. The first kappa shape index (κ1) is 13.0. The molecule has 3 rings (SSSR count). The van der Waals surface area contributed by atoms with Crippen LogP contribution in [0.3, 0.4) is 0 Å². The van der Waals surface area contributed by atoms with Crippen molar-refractivity contribution in [3.8, 4) is 11.5 Å². The molecule has 104 valence electrons. The van der Waals surface area contributed by atoms with Gasteiger partial charge in [-0.15, -0.1) is 0 Å². The summed E-state index contributed by atoms with van der Waals surface area (Å²) in [5.74, 6) is 1.38. The van der Waals surface area contributed by atoms with E-state index in [1.807, 2.05) is 43.3 Å². The van der Waals surface area contributed by atoms with Crippen molar-refractivity contribution in [2.24, 2.45) is 0 Å². The quantitative estimate of drug-likeness (QED) is 0.909. The number of phenols is 1. The molecular formula is C17H19NO2. The number of aromatic hydroxyl groups is 1. The molecular weight excluding hydrogens is 250 g/mol. The molecule has 0 atom stereocenters. The van der Waals surface area contributed by atoms with E-state index in [1.54, 1.807) is 0 Å². The number of aryl methyl sites for hydroxylation is 1. The topological polar surface area (TPSA) is 32.7 Å². The largest absolute Gasteiger partial charge is 0.507 e. The van der Waals surface area contributed by atoms with E-state index in [9.17, 15) is 5.11 Å². The lowest BCUT2D eigenvalue weighted by atomic mass is 10.1. The molecule has 3 nitrogen and oxygen atoms in total. The summed E-state index contributed by atoms with van der Waals surface area (Å²) in [6.45, 7) is 5.07. The van der Waals surface area contributed by atoms with Crippen LogP contribution in [-0.2, 0) is 13.1 Å². The first-order chi connectivity index (χ1) is 9.74. The zero-order valence-corrected chi connectivity index (χ0v) is 11.7. The number of fused-ring (bicyclic) bond motifs is 1. The highest BCUT2D eigenvalue weighted by Gasteiger charge is 2.16. The van der Waals surface area contributed by atoms with Crippen molar-refractivity contribution in [2.75, 3.05) is 13.2 Å². The van der Waals surface area contributed by atoms with Crippen molar-refractivity contribution in [1.29, 1.82) is 0 Å². The number of hydrogen-bond donors (Lipinski definition) is 1. The molecule has 2 aromatic carbocycles. The minimum Gasteiger partial charge on any atom is -0.507 e. The first-order valence-corrected chi connectivity index (χ1v) is 6.94. The maximum atomic E-state index is 10.1. The van der Waals surface area contributed by atoms with Gasteiger partial charge in [-0.05, 0) is 18.6 Å². The molecule has 0 amide bonds. The standard InChI is InChI=1S/C17H19NO2/c1-13-5-4-7-15(17(13)19)12-18-9-10-20-16-8-3-2-6-14(16)11-18/h2-8,19H,9-12H2,1H3. The Balaban J connectivity index is 1.80. The monoisotopic (exact) mass is 269 g/mol. The average molecular weight is 269 g/mol. The molecule has 3 heteroatoms. The maximum absolute atomic E-state index is 10.1. The number of nitrogens with zero attached hydrogens (tertiary/aromatic N) is 1. The van der Waals surface area contributed by atoms with E-state index >= 15 is 0 Å². The molecule has 0 saturated carbocycles. The smallest absolute Gasteiger partial charge is 0.123 e. The minimum absolute atomic E-state index is 0.408. The Bertz CT molecular complexity index is 610. The lowest BCUT2D eigenvalue weighted by Gasteiger charge is -2.20. The highest BCUT2D eigenvalue weighted by atomic mass is 16.5. The summed E-state index contributed by atoms with van der Waals surface area (Å²) in [7, 11) is 0. The van der Waals surface area contributed by atoms with Gasteiger partial charge in [0.05, 0.1) is 0 Å². The SMILES string of the molecule is Cc1cccc(CN2CCOc3ccccc3C2)c1O. The zero-order valence-electron chi connectivity index (χ0n) is 11.7. The molecule has 0 spiro atoms. The van der Waals surface area contributed by atoms with Gasteiger partial charge in [0.1, 0.15) is 18.1 Å². The number of benzene rings is 2. The van der Waals surface area contributed by atoms with Gasteiger partial charge in [-0.25, -0.2) is 0 Å². The lowest BCUT2D eigenvalue weighted by molar-refractivity contribution is 0.217. The second-order valence-electron chi connectivity index (χ2n) is 5.25. The molecule has 0 bridgehead atoms. The van der Waals surface area contributed by atoms with Gasteiger partial charge in [0.25, 0.3) is 0 Å². The number of hydrogen-bond acceptors (Lipinski definition) is 3. The third kappa shape index (κ3) is 2.63. The normalized spacial score (nSPS) is 15.2. The molecule has 0 aliphatic carbocycles. The van der Waals surface area contributed by atoms with Gasteiger partial charge in [-0.3, -0.25) is 4.90 Å². The molecule has 0 fully saturated rings. The van der Waals surface area contributed by atoms with Crippen molar-refractivity contribution in [1.82, 2.24) is 4.90 Å². The molecule has 0 unspecified atom stereocenters. The highest BCUT2D eigenvalue weighted by Crippen LogP contribution is 2.26. The van der Waals surface area contributed by atoms with Crippen LogP contribution in [0.15, 0.2) is 42.5 Å². The van der Waals surface area contributed by atoms with Crippen molar-refractivity contribution in [2.45, 2.75) is 20.0 Å². The molecule has 20 heavy (non-hydrogen) atoms. The van der Waals surface area contributed by atoms with Crippen LogP contribution in [0, 0.1) is 6.92 Å². The van der Waals surface area contributed by atoms with Crippen molar-refractivity contribution in [3.05, 3.63) is 59.2 Å². The number of rotatable bonds is 2. The Morgan fingerprint density at radius 3 is 2.90 bits per heavy atom. The van der Waals surface area contributed by atoms with Crippen LogP contribution in [-0.4, -0.2) is 23.2 Å². The van der Waals surface area contributed by atoms with Crippen LogP contribution in [0.5, 0.6) is 11.5 Å². The summed E-state index contributed by atoms with van der Waals surface area (Å²) in [6.07, 6.45) is 0. The van der Waals surface area contributed by atoms with Crippen LogP contribution in [0.2, 0.25) is 0 Å². The van der Waals surface area contributed by atoms with Crippen molar-refractivity contribution >= 4 is 0 Å². The summed E-state index contributed by atoms with van der Waals surface area (Å²) in [5, 5.41) is 10.1. The molecule has 1 aliphatic rings. The van der Waals surface area contributed by atoms with Gasteiger partial charge in [0.2, 0.25) is 0 Å². The van der Waals surface area contributed by atoms with Crippen LogP contribution >= 0.6 is 0 Å². The van der Waals surface area contributed by atoms with Crippen LogP contribution < -0.4 is 4.74 Å². The Morgan fingerprint density at radius 2 is 2.00 bits per heavy atom. The van der Waals surface area contributed by atoms with E-state index in [0.717, 1.165) is 36.5 Å². The summed E-state index contributed by atoms with van der Waals surface area (Å²) >= 11 is 0. The second-order valence-corrected chi connectivity index (χ2v) is 5.25. The maximum Gasteiger partial charge on any atom is 0.123 e. The van der Waals surface area contributed by atoms with Crippen molar-refractivity contribution in [3.63, 3.8) is 0 Å². The third-order valence-electron chi connectivity index (χ3n) is 3.75. The van der Waals surface area contributed by atoms with Crippen LogP contribution in [0.4, 0.5) is 0 Å². The molecule has 0 saturated heterocycles. The Morgan fingerprint density at radius 1 is 1.15 bits per heavy atom. The van der Waals surface area contributed by atoms with Crippen LogP contribution in [0.25, 0.3) is 0 Å². The molecule has 2 aromatic rings. The molecule has 0 radical (unpaired) electrons.